The predicted molar refractivity (Wildman–Crippen MR) is 89.8 cm³/mol. The van der Waals surface area contributed by atoms with E-state index in [9.17, 15) is 0 Å². The molecule has 1 aromatic carbocycles. The maximum atomic E-state index is 5.77. The van der Waals surface area contributed by atoms with E-state index in [4.69, 9.17) is 5.73 Å². The van der Waals surface area contributed by atoms with Gasteiger partial charge in [-0.25, -0.2) is 0 Å². The summed E-state index contributed by atoms with van der Waals surface area (Å²) in [6, 6.07) is 8.00. The van der Waals surface area contributed by atoms with E-state index in [0.717, 1.165) is 28.6 Å². The number of hydrogen-bond acceptors (Lipinski definition) is 6. The number of para-hydroxylation sites is 1. The van der Waals surface area contributed by atoms with Gasteiger partial charge in [-0.05, 0) is 30.7 Å². The zero-order valence-electron chi connectivity index (χ0n) is 12.5. The van der Waals surface area contributed by atoms with Gasteiger partial charge in [-0.1, -0.05) is 31.5 Å². The first-order valence-electron chi connectivity index (χ1n) is 7.10. The van der Waals surface area contributed by atoms with E-state index in [1.807, 2.05) is 43.0 Å². The highest BCUT2D eigenvalue weighted by atomic mass is 32.2. The van der Waals surface area contributed by atoms with E-state index < -0.39 is 0 Å². The van der Waals surface area contributed by atoms with Gasteiger partial charge in [0.05, 0.1) is 5.75 Å². The van der Waals surface area contributed by atoms with Gasteiger partial charge in [0.25, 0.3) is 0 Å². The number of nitrogens with two attached hydrogens (primary N) is 1. The lowest BCUT2D eigenvalue weighted by Crippen LogP contribution is -2.07. The molecule has 6 heteroatoms. The van der Waals surface area contributed by atoms with Crippen molar-refractivity contribution in [2.45, 2.75) is 32.4 Å². The molecule has 0 bridgehead atoms. The number of nitrogen functional groups attached to an aromatic ring is 1. The highest BCUT2D eigenvalue weighted by Gasteiger charge is 2.06. The van der Waals surface area contributed by atoms with E-state index in [2.05, 4.69) is 27.2 Å². The summed E-state index contributed by atoms with van der Waals surface area (Å²) < 4.78 is 0. The third-order valence-electron chi connectivity index (χ3n) is 2.96. The van der Waals surface area contributed by atoms with Crippen LogP contribution in [-0.2, 0) is 5.75 Å². The van der Waals surface area contributed by atoms with E-state index in [-0.39, 0.29) is 5.95 Å². The van der Waals surface area contributed by atoms with Crippen LogP contribution in [0.1, 0.15) is 31.2 Å². The predicted octanol–water partition coefficient (Wildman–Crippen LogP) is 3.54. The number of benzene rings is 1. The largest absolute Gasteiger partial charge is 0.368 e. The first kappa shape index (κ1) is 15.6. The van der Waals surface area contributed by atoms with Crippen LogP contribution in [0.5, 0.6) is 0 Å². The van der Waals surface area contributed by atoms with Gasteiger partial charge in [-0.2, -0.15) is 26.7 Å². The smallest absolute Gasteiger partial charge is 0.232 e. The van der Waals surface area contributed by atoms with E-state index in [0.29, 0.717) is 5.95 Å². The minimum Gasteiger partial charge on any atom is -0.368 e. The van der Waals surface area contributed by atoms with Crippen LogP contribution in [0.2, 0.25) is 0 Å². The van der Waals surface area contributed by atoms with Gasteiger partial charge in [0.2, 0.25) is 11.9 Å². The summed E-state index contributed by atoms with van der Waals surface area (Å²) in [6.45, 7) is 4.22. The Bertz CT molecular complexity index is 588. The van der Waals surface area contributed by atoms with Crippen molar-refractivity contribution in [1.82, 2.24) is 15.0 Å². The quantitative estimate of drug-likeness (QED) is 0.762. The SMILES string of the molecule is CCCCSCc1nc(N)nc(Nc2ccccc2C)n1. The molecule has 0 unspecified atom stereocenters. The van der Waals surface area contributed by atoms with Crippen LogP contribution in [0.15, 0.2) is 24.3 Å². The first-order chi connectivity index (χ1) is 10.2. The minimum atomic E-state index is 0.257. The molecule has 21 heavy (non-hydrogen) atoms. The zero-order chi connectivity index (χ0) is 15.1. The maximum Gasteiger partial charge on any atom is 0.232 e. The standard InChI is InChI=1S/C15H21N5S/c1-3-4-9-21-10-13-18-14(16)20-15(19-13)17-12-8-6-5-7-11(12)2/h5-8H,3-4,9-10H2,1-2H3,(H3,16,17,18,19,20). The van der Waals surface area contributed by atoms with Crippen molar-refractivity contribution >= 4 is 29.3 Å². The van der Waals surface area contributed by atoms with Crippen LogP contribution < -0.4 is 11.1 Å². The lowest BCUT2D eigenvalue weighted by molar-refractivity contribution is 0.894. The van der Waals surface area contributed by atoms with Gasteiger partial charge in [0.15, 0.2) is 0 Å². The molecule has 0 fully saturated rings. The molecule has 1 heterocycles. The van der Waals surface area contributed by atoms with Crippen LogP contribution in [0, 0.1) is 6.92 Å². The van der Waals surface area contributed by atoms with Crippen molar-refractivity contribution in [2.75, 3.05) is 16.8 Å². The summed E-state index contributed by atoms with van der Waals surface area (Å²) in [4.78, 5) is 12.8. The molecule has 0 aliphatic heterocycles. The number of aryl methyl sites for hydroxylation is 1. The van der Waals surface area contributed by atoms with Crippen LogP contribution >= 0.6 is 11.8 Å². The Hall–Kier alpha value is -1.82. The molecule has 0 radical (unpaired) electrons. The van der Waals surface area contributed by atoms with Crippen molar-refractivity contribution in [3.63, 3.8) is 0 Å². The van der Waals surface area contributed by atoms with Gasteiger partial charge >= 0.3 is 0 Å². The molecule has 0 saturated heterocycles. The van der Waals surface area contributed by atoms with E-state index >= 15 is 0 Å². The normalized spacial score (nSPS) is 10.6. The number of anilines is 3. The number of nitrogens with one attached hydrogen (secondary N) is 1. The van der Waals surface area contributed by atoms with Crippen molar-refractivity contribution in [1.29, 1.82) is 0 Å². The second kappa shape index (κ2) is 7.83. The second-order valence-corrected chi connectivity index (χ2v) is 5.88. The monoisotopic (exact) mass is 303 g/mol. The van der Waals surface area contributed by atoms with Gasteiger partial charge in [-0.3, -0.25) is 0 Å². The number of nitrogens with zero attached hydrogens (tertiary/aromatic N) is 3. The van der Waals surface area contributed by atoms with Gasteiger partial charge < -0.3 is 11.1 Å². The molecule has 0 spiro atoms. The van der Waals surface area contributed by atoms with Crippen LogP contribution in [0.4, 0.5) is 17.6 Å². The topological polar surface area (TPSA) is 76.7 Å². The van der Waals surface area contributed by atoms with Gasteiger partial charge in [-0.15, -0.1) is 0 Å². The molecule has 5 nitrogen and oxygen atoms in total. The average Bonchev–Trinajstić information content (AvgIpc) is 2.46. The lowest BCUT2D eigenvalue weighted by Gasteiger charge is -2.09. The fraction of sp³-hybridized carbons (Fsp3) is 0.400. The highest BCUT2D eigenvalue weighted by Crippen LogP contribution is 2.19. The average molecular weight is 303 g/mol. The first-order valence-corrected chi connectivity index (χ1v) is 8.25. The third-order valence-corrected chi connectivity index (χ3v) is 4.00. The summed E-state index contributed by atoms with van der Waals surface area (Å²) in [5, 5.41) is 3.20. The summed E-state index contributed by atoms with van der Waals surface area (Å²) in [5.41, 5.74) is 7.88. The Morgan fingerprint density at radius 3 is 2.76 bits per heavy atom. The Morgan fingerprint density at radius 1 is 1.19 bits per heavy atom. The molecule has 2 aromatic rings. The van der Waals surface area contributed by atoms with Crippen molar-refractivity contribution in [2.24, 2.45) is 0 Å². The van der Waals surface area contributed by atoms with Crippen molar-refractivity contribution < 1.29 is 0 Å². The second-order valence-electron chi connectivity index (χ2n) is 4.78. The van der Waals surface area contributed by atoms with E-state index in [1.165, 1.54) is 12.8 Å². The van der Waals surface area contributed by atoms with Crippen molar-refractivity contribution in [3.8, 4) is 0 Å². The number of thioether (sulfide) groups is 1. The molecule has 2 rings (SSSR count). The van der Waals surface area contributed by atoms with Crippen molar-refractivity contribution in [3.05, 3.63) is 35.7 Å². The molecule has 112 valence electrons. The number of hydrogen-bond donors (Lipinski definition) is 2. The molecule has 0 aliphatic rings. The Kier molecular flexibility index (Phi) is 5.80. The number of unbranched alkanes of at least 4 members (excludes halogenated alkanes) is 1. The van der Waals surface area contributed by atoms with Crippen LogP contribution in [0.25, 0.3) is 0 Å². The number of aromatic nitrogens is 3. The summed E-state index contributed by atoms with van der Waals surface area (Å²) in [5.74, 6) is 3.35. The van der Waals surface area contributed by atoms with E-state index in [1.54, 1.807) is 0 Å². The molecule has 3 N–H and O–H groups in total. The molecule has 0 amide bonds. The summed E-state index contributed by atoms with van der Waals surface area (Å²) in [6.07, 6.45) is 2.41. The zero-order valence-corrected chi connectivity index (χ0v) is 13.3. The fourth-order valence-corrected chi connectivity index (χ4v) is 2.75. The molecule has 0 atom stereocenters. The Balaban J connectivity index is 2.06. The highest BCUT2D eigenvalue weighted by molar-refractivity contribution is 7.98. The minimum absolute atomic E-state index is 0.257. The molecular weight excluding hydrogens is 282 g/mol. The van der Waals surface area contributed by atoms with Gasteiger partial charge in [0.1, 0.15) is 5.82 Å². The maximum absolute atomic E-state index is 5.77. The Labute approximate surface area is 129 Å². The fourth-order valence-electron chi connectivity index (χ4n) is 1.80. The van der Waals surface area contributed by atoms with Crippen LogP contribution in [-0.4, -0.2) is 20.7 Å². The lowest BCUT2D eigenvalue weighted by atomic mass is 10.2. The Morgan fingerprint density at radius 2 is 2.00 bits per heavy atom. The third kappa shape index (κ3) is 4.90. The number of rotatable bonds is 7. The van der Waals surface area contributed by atoms with Crippen LogP contribution in [0.3, 0.4) is 0 Å². The summed E-state index contributed by atoms with van der Waals surface area (Å²) >= 11 is 1.82. The van der Waals surface area contributed by atoms with Gasteiger partial charge in [0, 0.05) is 5.69 Å². The molecular formula is C15H21N5S. The molecule has 0 aliphatic carbocycles. The molecule has 0 saturated carbocycles. The summed E-state index contributed by atoms with van der Waals surface area (Å²) in [7, 11) is 0. The molecule has 1 aromatic heterocycles.